The van der Waals surface area contributed by atoms with Crippen LogP contribution < -0.4 is 4.74 Å². The zero-order valence-corrected chi connectivity index (χ0v) is 18.8. The lowest BCUT2D eigenvalue weighted by atomic mass is 10.2. The van der Waals surface area contributed by atoms with Crippen molar-refractivity contribution in [2.75, 3.05) is 32.8 Å². The fourth-order valence-corrected chi connectivity index (χ4v) is 4.83. The van der Waals surface area contributed by atoms with E-state index in [1.165, 1.54) is 16.4 Å². The highest BCUT2D eigenvalue weighted by Gasteiger charge is 2.30. The molecule has 2 heterocycles. The van der Waals surface area contributed by atoms with Gasteiger partial charge in [0.1, 0.15) is 5.75 Å². The lowest BCUT2D eigenvalue weighted by Gasteiger charge is -2.34. The highest BCUT2D eigenvalue weighted by atomic mass is 35.5. The lowest BCUT2D eigenvalue weighted by molar-refractivity contribution is -0.134. The molecule has 1 aliphatic heterocycles. The van der Waals surface area contributed by atoms with Crippen LogP contribution in [-0.2, 0) is 14.8 Å². The van der Waals surface area contributed by atoms with Crippen molar-refractivity contribution in [1.29, 1.82) is 0 Å². The van der Waals surface area contributed by atoms with E-state index in [-0.39, 0.29) is 30.5 Å². The standard InChI is InChI=1S/C21H21ClN4O5S/c1-15-23-21(24-31-15)16-2-6-18(7-3-16)30-14-20(27)25-10-12-26(13-11-25)32(28,29)19-8-4-17(22)5-9-19/h2-9H,10-14H2,1H3. The number of halogens is 1. The number of hydrogen-bond acceptors (Lipinski definition) is 7. The summed E-state index contributed by atoms with van der Waals surface area (Å²) in [5, 5.41) is 4.33. The Hall–Kier alpha value is -2.95. The summed E-state index contributed by atoms with van der Waals surface area (Å²) >= 11 is 5.84. The number of carbonyl (C=O) groups excluding carboxylic acids is 1. The van der Waals surface area contributed by atoms with Crippen molar-refractivity contribution >= 4 is 27.5 Å². The number of amides is 1. The first kappa shape index (κ1) is 22.3. The molecule has 1 aliphatic rings. The topological polar surface area (TPSA) is 106 Å². The second kappa shape index (κ2) is 9.27. The Balaban J connectivity index is 1.29. The molecule has 0 bridgehead atoms. The quantitative estimate of drug-likeness (QED) is 0.538. The van der Waals surface area contributed by atoms with Gasteiger partial charge in [0.15, 0.2) is 6.61 Å². The Morgan fingerprint density at radius 3 is 2.31 bits per heavy atom. The Labute approximate surface area is 190 Å². The number of aromatic nitrogens is 2. The van der Waals surface area contributed by atoms with Crippen LogP contribution in [0.15, 0.2) is 57.9 Å². The van der Waals surface area contributed by atoms with Gasteiger partial charge in [-0.3, -0.25) is 4.79 Å². The van der Waals surface area contributed by atoms with Crippen LogP contribution >= 0.6 is 11.6 Å². The summed E-state index contributed by atoms with van der Waals surface area (Å²) in [7, 11) is -3.62. The van der Waals surface area contributed by atoms with E-state index in [0.29, 0.717) is 35.6 Å². The minimum absolute atomic E-state index is 0.134. The van der Waals surface area contributed by atoms with Crippen molar-refractivity contribution in [2.24, 2.45) is 0 Å². The number of benzene rings is 2. The van der Waals surface area contributed by atoms with Gasteiger partial charge < -0.3 is 14.2 Å². The fraction of sp³-hybridized carbons (Fsp3) is 0.286. The minimum atomic E-state index is -3.62. The van der Waals surface area contributed by atoms with E-state index in [1.807, 2.05) is 0 Å². The number of rotatable bonds is 6. The van der Waals surface area contributed by atoms with Gasteiger partial charge in [-0.05, 0) is 48.5 Å². The van der Waals surface area contributed by atoms with Crippen LogP contribution in [-0.4, -0.2) is 66.5 Å². The molecular weight excluding hydrogens is 456 g/mol. The number of sulfonamides is 1. The average Bonchev–Trinajstić information content (AvgIpc) is 3.24. The van der Waals surface area contributed by atoms with E-state index in [1.54, 1.807) is 48.2 Å². The van der Waals surface area contributed by atoms with Crippen molar-refractivity contribution in [1.82, 2.24) is 19.3 Å². The van der Waals surface area contributed by atoms with Gasteiger partial charge in [-0.15, -0.1) is 0 Å². The second-order valence-electron chi connectivity index (χ2n) is 7.19. The largest absolute Gasteiger partial charge is 0.484 e. The van der Waals surface area contributed by atoms with Gasteiger partial charge in [-0.2, -0.15) is 9.29 Å². The van der Waals surface area contributed by atoms with Crippen molar-refractivity contribution < 1.29 is 22.5 Å². The molecule has 4 rings (SSSR count). The SMILES string of the molecule is Cc1nc(-c2ccc(OCC(=O)N3CCN(S(=O)(=O)c4ccc(Cl)cc4)CC3)cc2)no1. The zero-order valence-electron chi connectivity index (χ0n) is 17.3. The number of ether oxygens (including phenoxy) is 1. The molecule has 1 amide bonds. The molecule has 32 heavy (non-hydrogen) atoms. The predicted molar refractivity (Wildman–Crippen MR) is 117 cm³/mol. The Kier molecular flexibility index (Phi) is 6.45. The van der Waals surface area contributed by atoms with Gasteiger partial charge in [0, 0.05) is 43.7 Å². The number of aryl methyl sites for hydroxylation is 1. The van der Waals surface area contributed by atoms with Crippen LogP contribution in [0, 0.1) is 6.92 Å². The van der Waals surface area contributed by atoms with Gasteiger partial charge in [0.05, 0.1) is 4.90 Å². The van der Waals surface area contributed by atoms with Crippen LogP contribution in [0.4, 0.5) is 0 Å². The molecule has 0 unspecified atom stereocenters. The van der Waals surface area contributed by atoms with Crippen LogP contribution in [0.2, 0.25) is 5.02 Å². The summed E-state index contributed by atoms with van der Waals surface area (Å²) in [5.74, 6) is 1.29. The summed E-state index contributed by atoms with van der Waals surface area (Å²) in [5.41, 5.74) is 0.776. The van der Waals surface area contributed by atoms with Crippen LogP contribution in [0.1, 0.15) is 5.89 Å². The average molecular weight is 477 g/mol. The molecule has 0 saturated carbocycles. The second-order valence-corrected chi connectivity index (χ2v) is 9.56. The predicted octanol–water partition coefficient (Wildman–Crippen LogP) is 2.61. The van der Waals surface area contributed by atoms with Gasteiger partial charge in [0.25, 0.3) is 5.91 Å². The molecule has 0 spiro atoms. The van der Waals surface area contributed by atoms with Crippen LogP contribution in [0.25, 0.3) is 11.4 Å². The third-order valence-electron chi connectivity index (χ3n) is 5.05. The maximum Gasteiger partial charge on any atom is 0.260 e. The molecule has 0 aliphatic carbocycles. The van der Waals surface area contributed by atoms with E-state index in [0.717, 1.165) is 5.56 Å². The maximum absolute atomic E-state index is 12.8. The molecule has 0 atom stereocenters. The summed E-state index contributed by atoms with van der Waals surface area (Å²) in [6.45, 7) is 2.61. The van der Waals surface area contributed by atoms with Gasteiger partial charge in [0.2, 0.25) is 21.7 Å². The summed E-state index contributed by atoms with van der Waals surface area (Å²) < 4.78 is 37.4. The molecule has 3 aromatic rings. The summed E-state index contributed by atoms with van der Waals surface area (Å²) in [6, 6.07) is 13.1. The lowest BCUT2D eigenvalue weighted by Crippen LogP contribution is -2.51. The number of nitrogens with zero attached hydrogens (tertiary/aromatic N) is 4. The highest BCUT2D eigenvalue weighted by Crippen LogP contribution is 2.21. The third-order valence-corrected chi connectivity index (χ3v) is 7.21. The number of carbonyl (C=O) groups is 1. The van der Waals surface area contributed by atoms with E-state index in [9.17, 15) is 13.2 Å². The van der Waals surface area contributed by atoms with Crippen LogP contribution in [0.3, 0.4) is 0 Å². The fourth-order valence-electron chi connectivity index (χ4n) is 3.29. The zero-order chi connectivity index (χ0) is 22.7. The van der Waals surface area contributed by atoms with Crippen molar-refractivity contribution in [3.05, 3.63) is 59.4 Å². The minimum Gasteiger partial charge on any atom is -0.484 e. The summed E-state index contributed by atoms with van der Waals surface area (Å²) in [6.07, 6.45) is 0. The molecular formula is C21H21ClN4O5S. The Morgan fingerprint density at radius 1 is 1.06 bits per heavy atom. The van der Waals surface area contributed by atoms with Gasteiger partial charge in [-0.25, -0.2) is 8.42 Å². The van der Waals surface area contributed by atoms with E-state index in [2.05, 4.69) is 10.1 Å². The first-order chi connectivity index (χ1) is 15.3. The first-order valence-electron chi connectivity index (χ1n) is 9.90. The van der Waals surface area contributed by atoms with E-state index < -0.39 is 10.0 Å². The van der Waals surface area contributed by atoms with Crippen molar-refractivity contribution in [2.45, 2.75) is 11.8 Å². The molecule has 1 fully saturated rings. The van der Waals surface area contributed by atoms with Crippen molar-refractivity contribution in [3.8, 4) is 17.1 Å². The summed E-state index contributed by atoms with van der Waals surface area (Å²) in [4.78, 5) is 18.5. The highest BCUT2D eigenvalue weighted by molar-refractivity contribution is 7.89. The van der Waals surface area contributed by atoms with Gasteiger partial charge in [-0.1, -0.05) is 16.8 Å². The molecule has 0 radical (unpaired) electrons. The Morgan fingerprint density at radius 2 is 1.72 bits per heavy atom. The number of piperazine rings is 1. The van der Waals surface area contributed by atoms with Crippen LogP contribution in [0.5, 0.6) is 5.75 Å². The van der Waals surface area contributed by atoms with E-state index in [4.69, 9.17) is 20.9 Å². The monoisotopic (exact) mass is 476 g/mol. The molecule has 0 N–H and O–H groups in total. The third kappa shape index (κ3) is 4.93. The molecule has 1 saturated heterocycles. The molecule has 1 aromatic heterocycles. The van der Waals surface area contributed by atoms with Crippen molar-refractivity contribution in [3.63, 3.8) is 0 Å². The first-order valence-corrected chi connectivity index (χ1v) is 11.7. The molecule has 2 aromatic carbocycles. The number of hydrogen-bond donors (Lipinski definition) is 0. The normalized spacial score (nSPS) is 15.0. The molecule has 9 nitrogen and oxygen atoms in total. The Bertz CT molecular complexity index is 1190. The smallest absolute Gasteiger partial charge is 0.260 e. The van der Waals surface area contributed by atoms with Gasteiger partial charge >= 0.3 is 0 Å². The maximum atomic E-state index is 12.8. The van der Waals surface area contributed by atoms with E-state index >= 15 is 0 Å². The molecule has 168 valence electrons. The molecule has 11 heteroatoms.